The van der Waals surface area contributed by atoms with Crippen molar-refractivity contribution in [2.75, 3.05) is 19.7 Å². The van der Waals surface area contributed by atoms with Crippen LogP contribution in [0.2, 0.25) is 0 Å². The maximum absolute atomic E-state index is 12.8. The van der Waals surface area contributed by atoms with Crippen LogP contribution in [-0.2, 0) is 16.0 Å². The number of nitrogens with zero attached hydrogens (tertiary/aromatic N) is 3. The van der Waals surface area contributed by atoms with E-state index in [1.54, 1.807) is 4.90 Å². The Bertz CT molecular complexity index is 628. The average Bonchev–Trinajstić information content (AvgIpc) is 3.22. The van der Waals surface area contributed by atoms with Crippen LogP contribution in [0.5, 0.6) is 0 Å². The minimum Gasteiger partial charge on any atom is -0.351 e. The van der Waals surface area contributed by atoms with Gasteiger partial charge >= 0.3 is 0 Å². The first kappa shape index (κ1) is 13.8. The number of aryl methyl sites for hydroxylation is 1. The van der Waals surface area contributed by atoms with E-state index in [-0.39, 0.29) is 17.9 Å². The summed E-state index contributed by atoms with van der Waals surface area (Å²) in [6.07, 6.45) is 2.94. The molecule has 3 fully saturated rings. The molecule has 2 amide bonds. The number of carbonyl (C=O) groups excluding carboxylic acids is 2. The van der Waals surface area contributed by atoms with Gasteiger partial charge in [0.05, 0.1) is 19.1 Å². The summed E-state index contributed by atoms with van der Waals surface area (Å²) in [5, 5.41) is 7.06. The van der Waals surface area contributed by atoms with Gasteiger partial charge in [-0.15, -0.1) is 0 Å². The molecule has 2 atom stereocenters. The Hall–Kier alpha value is -1.89. The SMILES string of the molecule is CCCc1cc(C(=O)N2CC[C@@]34OCCN3C(=O)C[C@@H]24)n[nH]1. The lowest BCUT2D eigenvalue weighted by Gasteiger charge is -2.31. The molecule has 0 unspecified atom stereocenters. The molecule has 7 heteroatoms. The molecule has 3 saturated heterocycles. The van der Waals surface area contributed by atoms with E-state index in [1.807, 2.05) is 11.0 Å². The third-order valence-electron chi connectivity index (χ3n) is 5.03. The van der Waals surface area contributed by atoms with Gasteiger partial charge in [-0.3, -0.25) is 14.7 Å². The highest BCUT2D eigenvalue weighted by Gasteiger charge is 2.63. The number of amides is 2. The molecular formula is C15H20N4O3. The van der Waals surface area contributed by atoms with E-state index < -0.39 is 5.72 Å². The summed E-state index contributed by atoms with van der Waals surface area (Å²) in [7, 11) is 0. The van der Waals surface area contributed by atoms with Crippen molar-refractivity contribution in [2.24, 2.45) is 0 Å². The van der Waals surface area contributed by atoms with Crippen molar-refractivity contribution in [3.05, 3.63) is 17.5 Å². The Balaban J connectivity index is 1.58. The predicted octanol–water partition coefficient (Wildman–Crippen LogP) is 0.536. The van der Waals surface area contributed by atoms with Gasteiger partial charge in [0.25, 0.3) is 5.91 Å². The highest BCUT2D eigenvalue weighted by molar-refractivity contribution is 5.94. The quantitative estimate of drug-likeness (QED) is 0.884. The summed E-state index contributed by atoms with van der Waals surface area (Å²) in [4.78, 5) is 28.5. The van der Waals surface area contributed by atoms with Crippen molar-refractivity contribution >= 4 is 11.8 Å². The number of hydrogen-bond acceptors (Lipinski definition) is 4. The Morgan fingerprint density at radius 3 is 3.23 bits per heavy atom. The molecule has 0 bridgehead atoms. The summed E-state index contributed by atoms with van der Waals surface area (Å²) in [5.74, 6) is -0.0145. The Morgan fingerprint density at radius 2 is 2.41 bits per heavy atom. The van der Waals surface area contributed by atoms with Crippen LogP contribution < -0.4 is 0 Å². The van der Waals surface area contributed by atoms with Crippen LogP contribution in [0.3, 0.4) is 0 Å². The van der Waals surface area contributed by atoms with E-state index in [1.165, 1.54) is 0 Å². The predicted molar refractivity (Wildman–Crippen MR) is 77.0 cm³/mol. The molecule has 0 aliphatic carbocycles. The molecule has 118 valence electrons. The maximum atomic E-state index is 12.8. The lowest BCUT2D eigenvalue weighted by Crippen LogP contribution is -2.48. The monoisotopic (exact) mass is 304 g/mol. The Morgan fingerprint density at radius 1 is 1.55 bits per heavy atom. The van der Waals surface area contributed by atoms with E-state index in [0.717, 1.165) is 18.5 Å². The Labute approximate surface area is 128 Å². The fourth-order valence-corrected chi connectivity index (χ4v) is 4.05. The molecule has 3 aliphatic rings. The number of nitrogens with one attached hydrogen (secondary N) is 1. The minimum absolute atomic E-state index is 0.0914. The van der Waals surface area contributed by atoms with E-state index in [4.69, 9.17) is 4.74 Å². The second-order valence-corrected chi connectivity index (χ2v) is 6.24. The first-order valence-corrected chi connectivity index (χ1v) is 7.95. The zero-order valence-electron chi connectivity index (χ0n) is 12.7. The molecule has 1 N–H and O–H groups in total. The fourth-order valence-electron chi connectivity index (χ4n) is 4.05. The summed E-state index contributed by atoms with van der Waals surface area (Å²) in [5.41, 5.74) is 0.834. The molecule has 1 aromatic rings. The topological polar surface area (TPSA) is 78.5 Å². The third-order valence-corrected chi connectivity index (χ3v) is 5.03. The van der Waals surface area contributed by atoms with Crippen LogP contribution in [0.4, 0.5) is 0 Å². The molecule has 4 rings (SSSR count). The third kappa shape index (κ3) is 1.75. The van der Waals surface area contributed by atoms with Crippen molar-refractivity contribution in [2.45, 2.75) is 44.4 Å². The van der Waals surface area contributed by atoms with Gasteiger partial charge in [0.1, 0.15) is 5.69 Å². The minimum atomic E-state index is -0.574. The number of H-pyrrole nitrogens is 1. The van der Waals surface area contributed by atoms with Crippen molar-refractivity contribution in [1.29, 1.82) is 0 Å². The number of rotatable bonds is 3. The van der Waals surface area contributed by atoms with E-state index in [0.29, 0.717) is 38.2 Å². The van der Waals surface area contributed by atoms with Crippen molar-refractivity contribution in [1.82, 2.24) is 20.0 Å². The van der Waals surface area contributed by atoms with Crippen molar-refractivity contribution in [3.8, 4) is 0 Å². The molecule has 0 aromatic carbocycles. The zero-order chi connectivity index (χ0) is 15.3. The first-order chi connectivity index (χ1) is 10.7. The number of carbonyl (C=O) groups is 2. The number of likely N-dealkylation sites (tertiary alicyclic amines) is 1. The van der Waals surface area contributed by atoms with Gasteiger partial charge in [-0.05, 0) is 12.5 Å². The van der Waals surface area contributed by atoms with Crippen LogP contribution in [0.15, 0.2) is 6.07 Å². The van der Waals surface area contributed by atoms with Crippen LogP contribution in [0.1, 0.15) is 42.4 Å². The maximum Gasteiger partial charge on any atom is 0.274 e. The molecule has 1 aromatic heterocycles. The highest BCUT2D eigenvalue weighted by atomic mass is 16.5. The van der Waals surface area contributed by atoms with Crippen LogP contribution >= 0.6 is 0 Å². The number of ether oxygens (including phenoxy) is 1. The van der Waals surface area contributed by atoms with E-state index >= 15 is 0 Å². The summed E-state index contributed by atoms with van der Waals surface area (Å²) < 4.78 is 5.90. The van der Waals surface area contributed by atoms with Gasteiger partial charge < -0.3 is 14.5 Å². The smallest absolute Gasteiger partial charge is 0.274 e. The van der Waals surface area contributed by atoms with Gasteiger partial charge in [-0.1, -0.05) is 13.3 Å². The van der Waals surface area contributed by atoms with Crippen molar-refractivity contribution in [3.63, 3.8) is 0 Å². The number of aromatic amines is 1. The number of hydrogen-bond donors (Lipinski definition) is 1. The van der Waals surface area contributed by atoms with E-state index in [9.17, 15) is 9.59 Å². The van der Waals surface area contributed by atoms with Gasteiger partial charge in [-0.25, -0.2) is 0 Å². The summed E-state index contributed by atoms with van der Waals surface area (Å²) in [6.45, 7) is 3.90. The first-order valence-electron chi connectivity index (χ1n) is 7.95. The second-order valence-electron chi connectivity index (χ2n) is 6.24. The van der Waals surface area contributed by atoms with Crippen LogP contribution in [0.25, 0.3) is 0 Å². The largest absolute Gasteiger partial charge is 0.351 e. The summed E-state index contributed by atoms with van der Waals surface area (Å²) in [6, 6.07) is 1.64. The summed E-state index contributed by atoms with van der Waals surface area (Å²) >= 11 is 0. The highest BCUT2D eigenvalue weighted by Crippen LogP contribution is 2.45. The molecule has 4 heterocycles. The van der Waals surface area contributed by atoms with Gasteiger partial charge in [0.2, 0.25) is 5.91 Å². The lowest BCUT2D eigenvalue weighted by atomic mass is 10.1. The Kier molecular flexibility index (Phi) is 3.00. The van der Waals surface area contributed by atoms with E-state index in [2.05, 4.69) is 17.1 Å². The van der Waals surface area contributed by atoms with Crippen LogP contribution in [0, 0.1) is 0 Å². The fraction of sp³-hybridized carbons (Fsp3) is 0.667. The van der Waals surface area contributed by atoms with Gasteiger partial charge in [0.15, 0.2) is 5.72 Å². The molecule has 1 spiro atoms. The molecule has 22 heavy (non-hydrogen) atoms. The van der Waals surface area contributed by atoms with Crippen LogP contribution in [-0.4, -0.2) is 63.3 Å². The zero-order valence-corrected chi connectivity index (χ0v) is 12.7. The van der Waals surface area contributed by atoms with Gasteiger partial charge in [-0.2, -0.15) is 5.10 Å². The average molecular weight is 304 g/mol. The lowest BCUT2D eigenvalue weighted by molar-refractivity contribution is -0.136. The van der Waals surface area contributed by atoms with Gasteiger partial charge in [0, 0.05) is 25.2 Å². The normalized spacial score (nSPS) is 30.0. The molecule has 0 radical (unpaired) electrons. The number of aromatic nitrogens is 2. The standard InChI is InChI=1S/C15H20N4O3/c1-2-3-10-8-11(17-16-10)14(21)18-5-4-15-12(18)9-13(20)19(15)6-7-22-15/h8,12H,2-7,9H2,1H3,(H,16,17)/t12-,15+/m1/s1. The molecule has 3 aliphatic heterocycles. The molecule has 0 saturated carbocycles. The van der Waals surface area contributed by atoms with Crippen molar-refractivity contribution < 1.29 is 14.3 Å². The molecule has 7 nitrogen and oxygen atoms in total. The molecular weight excluding hydrogens is 284 g/mol. The second kappa shape index (κ2) is 4.81.